The largest absolute Gasteiger partial charge is 0.491 e. The zero-order valence-electron chi connectivity index (χ0n) is 19.6. The molecule has 2 amide bonds. The van der Waals surface area contributed by atoms with Gasteiger partial charge in [-0.05, 0) is 36.4 Å². The quantitative estimate of drug-likeness (QED) is 0.499. The third-order valence-corrected chi connectivity index (χ3v) is 6.93. The van der Waals surface area contributed by atoms with Crippen LogP contribution in [0.1, 0.15) is 5.56 Å². The van der Waals surface area contributed by atoms with Gasteiger partial charge in [-0.2, -0.15) is 0 Å². The monoisotopic (exact) mass is 531 g/mol. The van der Waals surface area contributed by atoms with Crippen molar-refractivity contribution in [1.29, 1.82) is 0 Å². The summed E-state index contributed by atoms with van der Waals surface area (Å²) in [7, 11) is 0. The van der Waals surface area contributed by atoms with Crippen molar-refractivity contribution in [3.8, 4) is 5.75 Å². The molecule has 0 radical (unpaired) electrons. The number of rotatable bonds is 7. The summed E-state index contributed by atoms with van der Waals surface area (Å²) in [6.45, 7) is 3.74. The number of ether oxygens (including phenoxy) is 3. The molecule has 5 rings (SSSR count). The van der Waals surface area contributed by atoms with Gasteiger partial charge in [-0.1, -0.05) is 29.3 Å². The van der Waals surface area contributed by atoms with Crippen molar-refractivity contribution in [3.05, 3.63) is 76.8 Å². The fraction of sp³-hybridized carbons (Fsp3) is 0.360. The number of piperazine rings is 1. The van der Waals surface area contributed by atoms with E-state index in [0.717, 1.165) is 24.5 Å². The first-order valence-electron chi connectivity index (χ1n) is 11.7. The number of aromatic nitrogens is 2. The van der Waals surface area contributed by atoms with E-state index in [-0.39, 0.29) is 12.1 Å². The van der Waals surface area contributed by atoms with Gasteiger partial charge in [0.1, 0.15) is 18.5 Å². The molecular formula is C25H27Cl2N5O4. The molecule has 2 aliphatic heterocycles. The Morgan fingerprint density at radius 3 is 2.58 bits per heavy atom. The highest BCUT2D eigenvalue weighted by Crippen LogP contribution is 2.40. The number of carbonyl (C=O) groups excluding carboxylic acids is 1. The van der Waals surface area contributed by atoms with Crippen LogP contribution in [0.2, 0.25) is 10.0 Å². The molecule has 11 heteroatoms. The fourth-order valence-electron chi connectivity index (χ4n) is 4.50. The van der Waals surface area contributed by atoms with E-state index < -0.39 is 5.79 Å². The average Bonchev–Trinajstić information content (AvgIpc) is 3.54. The van der Waals surface area contributed by atoms with Crippen LogP contribution in [0.5, 0.6) is 5.75 Å². The number of hydrogen-bond donors (Lipinski definition) is 1. The maximum atomic E-state index is 11.3. The van der Waals surface area contributed by atoms with Gasteiger partial charge in [-0.3, -0.25) is 0 Å². The van der Waals surface area contributed by atoms with Gasteiger partial charge in [0, 0.05) is 54.8 Å². The van der Waals surface area contributed by atoms with Crippen LogP contribution in [0.25, 0.3) is 0 Å². The topological polar surface area (TPSA) is 95.1 Å². The lowest BCUT2D eigenvalue weighted by molar-refractivity contribution is -0.189. The number of nitrogens with two attached hydrogens (primary N) is 1. The van der Waals surface area contributed by atoms with Gasteiger partial charge in [-0.15, -0.1) is 0 Å². The van der Waals surface area contributed by atoms with Crippen molar-refractivity contribution in [1.82, 2.24) is 14.5 Å². The van der Waals surface area contributed by atoms with Gasteiger partial charge < -0.3 is 34.3 Å². The third-order valence-electron chi connectivity index (χ3n) is 6.38. The predicted molar refractivity (Wildman–Crippen MR) is 136 cm³/mol. The molecule has 0 spiro atoms. The van der Waals surface area contributed by atoms with E-state index in [4.69, 9.17) is 43.1 Å². The van der Waals surface area contributed by atoms with Gasteiger partial charge in [-0.25, -0.2) is 9.78 Å². The number of primary amides is 1. The van der Waals surface area contributed by atoms with E-state index in [1.165, 1.54) is 0 Å². The summed E-state index contributed by atoms with van der Waals surface area (Å²) >= 11 is 12.6. The standard InChI is InChI=1S/C25H27Cl2N5O4/c26-18-1-6-22(23(27)13-18)25(16-30-8-7-29-17-30)35-15-21(36-25)14-34-20-4-2-19(3-5-20)31-9-11-32(12-10-31)24(28)33/h1-8,13,17,21H,9-12,14-16H2,(H2,28,33). The summed E-state index contributed by atoms with van der Waals surface area (Å²) in [5.41, 5.74) is 7.14. The molecule has 0 saturated carbocycles. The smallest absolute Gasteiger partial charge is 0.314 e. The fourth-order valence-corrected chi connectivity index (χ4v) is 5.06. The summed E-state index contributed by atoms with van der Waals surface area (Å²) in [4.78, 5) is 19.3. The van der Waals surface area contributed by atoms with Gasteiger partial charge in [0.05, 0.1) is 24.5 Å². The number of urea groups is 1. The maximum Gasteiger partial charge on any atom is 0.314 e. The highest BCUT2D eigenvalue weighted by molar-refractivity contribution is 6.35. The molecule has 0 bridgehead atoms. The predicted octanol–water partition coefficient (Wildman–Crippen LogP) is 3.74. The number of hydrogen-bond acceptors (Lipinski definition) is 6. The van der Waals surface area contributed by atoms with E-state index in [0.29, 0.717) is 48.5 Å². The summed E-state index contributed by atoms with van der Waals surface area (Å²) < 4.78 is 20.6. The second-order valence-corrected chi connectivity index (χ2v) is 9.62. The summed E-state index contributed by atoms with van der Waals surface area (Å²) in [6.07, 6.45) is 4.95. The number of benzene rings is 2. The first kappa shape index (κ1) is 24.7. The molecule has 2 aromatic carbocycles. The number of anilines is 1. The van der Waals surface area contributed by atoms with Gasteiger partial charge >= 0.3 is 6.03 Å². The lowest BCUT2D eigenvalue weighted by Crippen LogP contribution is -2.50. The van der Waals surface area contributed by atoms with Crippen LogP contribution < -0.4 is 15.4 Å². The molecule has 0 aliphatic carbocycles. The minimum Gasteiger partial charge on any atom is -0.491 e. The summed E-state index contributed by atoms with van der Waals surface area (Å²) in [5, 5.41) is 1.01. The Hall–Kier alpha value is -2.98. The minimum atomic E-state index is -1.09. The van der Waals surface area contributed by atoms with Gasteiger partial charge in [0.25, 0.3) is 0 Å². The highest BCUT2D eigenvalue weighted by Gasteiger charge is 2.45. The Balaban J connectivity index is 1.22. The SMILES string of the molecule is NC(=O)N1CCN(c2ccc(OCC3COC(Cn4ccnc4)(c4ccc(Cl)cc4Cl)O3)cc2)CC1. The Morgan fingerprint density at radius 1 is 1.14 bits per heavy atom. The number of carbonyl (C=O) groups is 1. The Labute approximate surface area is 219 Å². The highest BCUT2D eigenvalue weighted by atomic mass is 35.5. The first-order chi connectivity index (χ1) is 17.4. The van der Waals surface area contributed by atoms with Crippen LogP contribution in [-0.2, 0) is 21.8 Å². The zero-order valence-corrected chi connectivity index (χ0v) is 21.1. The first-order valence-corrected chi connectivity index (χ1v) is 12.4. The molecule has 3 heterocycles. The Morgan fingerprint density at radius 2 is 1.92 bits per heavy atom. The molecule has 1 aromatic heterocycles. The van der Waals surface area contributed by atoms with Crippen molar-refractivity contribution >= 4 is 34.9 Å². The molecule has 2 saturated heterocycles. The van der Waals surface area contributed by atoms with Gasteiger partial charge in [0.2, 0.25) is 5.79 Å². The van der Waals surface area contributed by atoms with E-state index in [2.05, 4.69) is 9.88 Å². The zero-order chi connectivity index (χ0) is 25.1. The van der Waals surface area contributed by atoms with E-state index in [9.17, 15) is 4.79 Å². The van der Waals surface area contributed by atoms with Crippen molar-refractivity contribution in [3.63, 3.8) is 0 Å². The molecule has 2 unspecified atom stereocenters. The lowest BCUT2D eigenvalue weighted by Gasteiger charge is -2.35. The van der Waals surface area contributed by atoms with Crippen LogP contribution in [0.3, 0.4) is 0 Å². The van der Waals surface area contributed by atoms with Crippen molar-refractivity contribution in [2.45, 2.75) is 18.4 Å². The van der Waals surface area contributed by atoms with Crippen LogP contribution in [0.4, 0.5) is 10.5 Å². The lowest BCUT2D eigenvalue weighted by atomic mass is 10.1. The summed E-state index contributed by atoms with van der Waals surface area (Å²) in [6, 6.07) is 12.8. The molecule has 3 aromatic rings. The molecule has 2 atom stereocenters. The normalized spacial score (nSPS) is 22.1. The maximum absolute atomic E-state index is 11.3. The molecule has 190 valence electrons. The van der Waals surface area contributed by atoms with Crippen LogP contribution in [0.15, 0.2) is 61.2 Å². The molecule has 9 nitrogen and oxygen atoms in total. The van der Waals surface area contributed by atoms with Crippen LogP contribution >= 0.6 is 23.2 Å². The Kier molecular flexibility index (Phi) is 7.25. The second-order valence-electron chi connectivity index (χ2n) is 8.78. The third kappa shape index (κ3) is 5.39. The molecule has 2 fully saturated rings. The summed E-state index contributed by atoms with van der Waals surface area (Å²) in [5.74, 6) is -0.359. The number of imidazole rings is 1. The second kappa shape index (κ2) is 10.6. The number of halogens is 2. The number of amides is 2. The molecule has 2 aliphatic rings. The van der Waals surface area contributed by atoms with E-state index in [1.807, 2.05) is 41.1 Å². The molecule has 36 heavy (non-hydrogen) atoms. The van der Waals surface area contributed by atoms with Crippen LogP contribution in [-0.4, -0.2) is 66.0 Å². The van der Waals surface area contributed by atoms with E-state index in [1.54, 1.807) is 29.6 Å². The van der Waals surface area contributed by atoms with E-state index >= 15 is 0 Å². The number of nitrogens with zero attached hydrogens (tertiary/aromatic N) is 4. The average molecular weight is 532 g/mol. The van der Waals surface area contributed by atoms with Crippen LogP contribution in [0, 0.1) is 0 Å². The van der Waals surface area contributed by atoms with Gasteiger partial charge in [0.15, 0.2) is 0 Å². The Bertz CT molecular complexity index is 1190. The molecular weight excluding hydrogens is 505 g/mol. The van der Waals surface area contributed by atoms with Crippen molar-refractivity contribution in [2.75, 3.05) is 44.3 Å². The minimum absolute atomic E-state index is 0.304. The molecule has 2 N–H and O–H groups in total. The van der Waals surface area contributed by atoms with Crippen molar-refractivity contribution < 1.29 is 19.0 Å². The van der Waals surface area contributed by atoms with Crippen molar-refractivity contribution in [2.24, 2.45) is 5.73 Å².